The minimum atomic E-state index is -0.339. The number of methoxy groups -OCH3 is 1. The third-order valence-electron chi connectivity index (χ3n) is 4.00. The highest BCUT2D eigenvalue weighted by molar-refractivity contribution is 7.99. The number of aryl methyl sites for hydroxylation is 1. The molecular formula is C17H20N4O3S. The molecule has 7 nitrogen and oxygen atoms in total. The van der Waals surface area contributed by atoms with Gasteiger partial charge in [-0.05, 0) is 13.8 Å². The Labute approximate surface area is 150 Å². The summed E-state index contributed by atoms with van der Waals surface area (Å²) in [5, 5.41) is 8.93. The number of carbonyl (C=O) groups is 1. The van der Waals surface area contributed by atoms with Crippen molar-refractivity contribution in [3.63, 3.8) is 0 Å². The minimum Gasteiger partial charge on any atom is -0.493 e. The molecule has 0 fully saturated rings. The number of rotatable bonds is 5. The van der Waals surface area contributed by atoms with Crippen LogP contribution in [0.2, 0.25) is 0 Å². The van der Waals surface area contributed by atoms with Crippen LogP contribution in [0.1, 0.15) is 18.9 Å². The second kappa shape index (κ2) is 7.18. The van der Waals surface area contributed by atoms with Gasteiger partial charge >= 0.3 is 5.97 Å². The van der Waals surface area contributed by atoms with E-state index in [1.54, 1.807) is 6.92 Å². The summed E-state index contributed by atoms with van der Waals surface area (Å²) in [6.45, 7) is 3.80. The van der Waals surface area contributed by atoms with Crippen molar-refractivity contribution in [1.82, 2.24) is 14.9 Å². The Morgan fingerprint density at radius 2 is 2.08 bits per heavy atom. The number of aromatic nitrogens is 3. The fourth-order valence-electron chi connectivity index (χ4n) is 2.62. The van der Waals surface area contributed by atoms with Gasteiger partial charge in [-0.15, -0.1) is 10.2 Å². The summed E-state index contributed by atoms with van der Waals surface area (Å²) in [5.41, 5.74) is 2.67. The van der Waals surface area contributed by atoms with Crippen molar-refractivity contribution in [3.8, 4) is 11.4 Å². The van der Waals surface area contributed by atoms with Crippen LogP contribution in [0.25, 0.3) is 11.4 Å². The van der Waals surface area contributed by atoms with Crippen LogP contribution in [-0.2, 0) is 14.3 Å². The van der Waals surface area contributed by atoms with Crippen molar-refractivity contribution in [2.75, 3.05) is 18.7 Å². The zero-order chi connectivity index (χ0) is 18.0. The van der Waals surface area contributed by atoms with E-state index in [9.17, 15) is 4.79 Å². The molecule has 1 aromatic carbocycles. The van der Waals surface area contributed by atoms with E-state index < -0.39 is 0 Å². The Balaban J connectivity index is 1.64. The SMILES string of the molecule is COC(=O)C1=C(C)O[C@H](CSc2nnc(-c3ccc(C)cc3)n2N)C1. The Bertz CT molecular complexity index is 814. The Morgan fingerprint density at radius 1 is 1.36 bits per heavy atom. The highest BCUT2D eigenvalue weighted by Gasteiger charge is 2.29. The molecule has 1 aliphatic rings. The highest BCUT2D eigenvalue weighted by atomic mass is 32.2. The predicted octanol–water partition coefficient (Wildman–Crippen LogP) is 2.30. The molecule has 8 heteroatoms. The van der Waals surface area contributed by atoms with Gasteiger partial charge in [0.25, 0.3) is 0 Å². The van der Waals surface area contributed by atoms with E-state index in [-0.39, 0.29) is 12.1 Å². The molecule has 2 N–H and O–H groups in total. The Hall–Kier alpha value is -2.48. The third-order valence-corrected chi connectivity index (χ3v) is 5.08. The number of esters is 1. The van der Waals surface area contributed by atoms with E-state index in [0.717, 1.165) is 5.56 Å². The number of thioether (sulfide) groups is 1. The lowest BCUT2D eigenvalue weighted by atomic mass is 10.1. The molecule has 1 aliphatic heterocycles. The molecule has 132 valence electrons. The molecule has 3 rings (SSSR count). The van der Waals surface area contributed by atoms with E-state index >= 15 is 0 Å². The molecule has 0 spiro atoms. The van der Waals surface area contributed by atoms with Crippen molar-refractivity contribution in [2.24, 2.45) is 0 Å². The summed E-state index contributed by atoms with van der Waals surface area (Å²) < 4.78 is 12.0. The van der Waals surface area contributed by atoms with Crippen molar-refractivity contribution in [2.45, 2.75) is 31.5 Å². The zero-order valence-electron chi connectivity index (χ0n) is 14.4. The van der Waals surface area contributed by atoms with Gasteiger partial charge in [0.05, 0.1) is 12.7 Å². The normalized spacial score (nSPS) is 16.8. The molecular weight excluding hydrogens is 340 g/mol. The summed E-state index contributed by atoms with van der Waals surface area (Å²) >= 11 is 1.45. The maximum absolute atomic E-state index is 11.7. The van der Waals surface area contributed by atoms with Crippen molar-refractivity contribution in [1.29, 1.82) is 0 Å². The van der Waals surface area contributed by atoms with Gasteiger partial charge in [-0.3, -0.25) is 0 Å². The standard InChI is InChI=1S/C17H20N4O3S/c1-10-4-6-12(7-5-10)15-19-20-17(21(15)18)25-9-13-8-14(11(2)24-13)16(22)23-3/h4-7,13H,8-9,18H2,1-3H3/t13-/m0/s1. The fourth-order valence-corrected chi connectivity index (χ4v) is 3.46. The molecule has 2 heterocycles. The van der Waals surface area contributed by atoms with Gasteiger partial charge in [0.15, 0.2) is 5.82 Å². The van der Waals surface area contributed by atoms with E-state index in [2.05, 4.69) is 10.2 Å². The van der Waals surface area contributed by atoms with Crippen LogP contribution < -0.4 is 5.84 Å². The summed E-state index contributed by atoms with van der Waals surface area (Å²) in [6.07, 6.45) is 0.410. The maximum atomic E-state index is 11.7. The number of benzene rings is 1. The summed E-state index contributed by atoms with van der Waals surface area (Å²) in [4.78, 5) is 11.7. The van der Waals surface area contributed by atoms with Gasteiger partial charge in [-0.25, -0.2) is 9.47 Å². The van der Waals surface area contributed by atoms with Gasteiger partial charge in [-0.2, -0.15) is 0 Å². The van der Waals surface area contributed by atoms with Crippen molar-refractivity contribution >= 4 is 17.7 Å². The summed E-state index contributed by atoms with van der Waals surface area (Å²) in [7, 11) is 1.37. The van der Waals surface area contributed by atoms with Crippen LogP contribution in [0.15, 0.2) is 40.8 Å². The fraction of sp³-hybridized carbons (Fsp3) is 0.353. The second-order valence-electron chi connectivity index (χ2n) is 5.82. The molecule has 0 radical (unpaired) electrons. The molecule has 1 aromatic heterocycles. The van der Waals surface area contributed by atoms with Crippen LogP contribution in [0.3, 0.4) is 0 Å². The molecule has 2 aromatic rings. The summed E-state index contributed by atoms with van der Waals surface area (Å²) in [6, 6.07) is 7.94. The number of nitrogen functional groups attached to an aromatic ring is 1. The number of allylic oxidation sites excluding steroid dienone is 1. The Kier molecular flexibility index (Phi) is 4.98. The Morgan fingerprint density at radius 3 is 2.76 bits per heavy atom. The number of ether oxygens (including phenoxy) is 2. The smallest absolute Gasteiger partial charge is 0.337 e. The molecule has 0 unspecified atom stereocenters. The largest absolute Gasteiger partial charge is 0.493 e. The maximum Gasteiger partial charge on any atom is 0.337 e. The van der Waals surface area contributed by atoms with E-state index in [0.29, 0.717) is 34.5 Å². The van der Waals surface area contributed by atoms with Crippen LogP contribution >= 0.6 is 11.8 Å². The third kappa shape index (κ3) is 3.63. The number of hydrogen-bond acceptors (Lipinski definition) is 7. The number of nitrogens with zero attached hydrogens (tertiary/aromatic N) is 3. The average Bonchev–Trinajstić information content (AvgIpc) is 3.16. The molecule has 25 heavy (non-hydrogen) atoms. The van der Waals surface area contributed by atoms with Crippen LogP contribution in [-0.4, -0.2) is 39.8 Å². The highest BCUT2D eigenvalue weighted by Crippen LogP contribution is 2.30. The van der Waals surface area contributed by atoms with Crippen molar-refractivity contribution < 1.29 is 14.3 Å². The van der Waals surface area contributed by atoms with Gasteiger partial charge in [0, 0.05) is 17.7 Å². The van der Waals surface area contributed by atoms with Gasteiger partial charge in [-0.1, -0.05) is 41.6 Å². The quantitative estimate of drug-likeness (QED) is 0.497. The van der Waals surface area contributed by atoms with E-state index in [1.807, 2.05) is 31.2 Å². The minimum absolute atomic E-state index is 0.112. The van der Waals surface area contributed by atoms with E-state index in [1.165, 1.54) is 29.1 Å². The number of carbonyl (C=O) groups excluding carboxylic acids is 1. The number of hydrogen-bond donors (Lipinski definition) is 1. The predicted molar refractivity (Wildman–Crippen MR) is 95.3 cm³/mol. The monoisotopic (exact) mass is 360 g/mol. The lowest BCUT2D eigenvalue weighted by molar-refractivity contribution is -0.136. The summed E-state index contributed by atoms with van der Waals surface area (Å²) in [5.74, 6) is 7.63. The topological polar surface area (TPSA) is 92.3 Å². The first-order valence-electron chi connectivity index (χ1n) is 7.84. The molecule has 1 atom stereocenters. The van der Waals surface area contributed by atoms with Crippen LogP contribution in [0.4, 0.5) is 0 Å². The number of nitrogens with two attached hydrogens (primary N) is 1. The second-order valence-corrected chi connectivity index (χ2v) is 6.81. The first kappa shape index (κ1) is 17.3. The van der Waals surface area contributed by atoms with Gasteiger partial charge < -0.3 is 15.3 Å². The molecule has 0 bridgehead atoms. The average molecular weight is 360 g/mol. The lowest BCUT2D eigenvalue weighted by Crippen LogP contribution is -2.15. The molecule has 0 saturated carbocycles. The van der Waals surface area contributed by atoms with Gasteiger partial charge in [0.1, 0.15) is 11.9 Å². The zero-order valence-corrected chi connectivity index (χ0v) is 15.2. The first-order valence-corrected chi connectivity index (χ1v) is 8.83. The van der Waals surface area contributed by atoms with Crippen molar-refractivity contribution in [3.05, 3.63) is 41.2 Å². The van der Waals surface area contributed by atoms with E-state index in [4.69, 9.17) is 15.3 Å². The van der Waals surface area contributed by atoms with Crippen LogP contribution in [0, 0.1) is 6.92 Å². The molecule has 0 saturated heterocycles. The molecule has 0 amide bonds. The molecule has 0 aliphatic carbocycles. The van der Waals surface area contributed by atoms with Gasteiger partial charge in [0.2, 0.25) is 5.16 Å². The first-order chi connectivity index (χ1) is 12.0. The van der Waals surface area contributed by atoms with Crippen LogP contribution in [0.5, 0.6) is 0 Å². The lowest BCUT2D eigenvalue weighted by Gasteiger charge is -2.10.